The molecule has 10 rings (SSSR count). The summed E-state index contributed by atoms with van der Waals surface area (Å²) in [5.41, 5.74) is 3.86. The first kappa shape index (κ1) is 39.6. The number of imide groups is 1. The van der Waals surface area contributed by atoms with Crippen molar-refractivity contribution in [3.63, 3.8) is 0 Å². The molecule has 15 nitrogen and oxygen atoms in total. The number of aromatic nitrogens is 5. The minimum absolute atomic E-state index is 0.106. The first-order chi connectivity index (χ1) is 29.4. The Kier molecular flexibility index (Phi) is 10.0. The Hall–Kier alpha value is -5.55. The molecule has 3 aromatic heterocycles. The van der Waals surface area contributed by atoms with Gasteiger partial charge in [0.2, 0.25) is 23.5 Å². The minimum Gasteiger partial charge on any atom is -0.480 e. The molecule has 3 saturated heterocycles. The lowest BCUT2D eigenvalue weighted by molar-refractivity contribution is -0.134. The summed E-state index contributed by atoms with van der Waals surface area (Å²) < 4.78 is 39.1. The normalized spacial score (nSPS) is 22.4. The van der Waals surface area contributed by atoms with E-state index in [4.69, 9.17) is 26.4 Å². The summed E-state index contributed by atoms with van der Waals surface area (Å²) in [5.74, 6) is -2.77. The predicted octanol–water partition coefficient (Wildman–Crippen LogP) is 5.39. The molecule has 7 heterocycles. The van der Waals surface area contributed by atoms with E-state index >= 15 is 8.78 Å². The third kappa shape index (κ3) is 7.49. The van der Waals surface area contributed by atoms with Crippen LogP contribution in [-0.2, 0) is 23.7 Å². The monoisotopic (exact) mass is 855 g/mol. The van der Waals surface area contributed by atoms with Crippen molar-refractivity contribution in [3.05, 3.63) is 63.7 Å². The number of fused-ring (bicyclic) bond motifs is 4. The van der Waals surface area contributed by atoms with Crippen LogP contribution in [0.3, 0.4) is 0 Å². The van der Waals surface area contributed by atoms with Crippen molar-refractivity contribution in [1.82, 2.24) is 34.5 Å². The number of amides is 2. The summed E-state index contributed by atoms with van der Waals surface area (Å²) in [6.45, 7) is 5.38. The van der Waals surface area contributed by atoms with E-state index in [2.05, 4.69) is 53.8 Å². The third-order valence-electron chi connectivity index (χ3n) is 13.2. The van der Waals surface area contributed by atoms with E-state index in [-0.39, 0.29) is 29.2 Å². The van der Waals surface area contributed by atoms with E-state index in [1.807, 2.05) is 11.7 Å². The van der Waals surface area contributed by atoms with Gasteiger partial charge in [-0.2, -0.15) is 10.1 Å². The van der Waals surface area contributed by atoms with Crippen molar-refractivity contribution < 1.29 is 23.1 Å². The largest absolute Gasteiger partial charge is 0.480 e. The smallest absolute Gasteiger partial charge is 0.301 e. The Morgan fingerprint density at radius 2 is 1.70 bits per heavy atom. The average Bonchev–Trinajstić information content (AvgIpc) is 4.06. The SMILES string of the molecule is Cn1nc(C2CCC(=O)NC2=O)c2ccc(N3CCC(CN4CCN(c5ncc(Cl)c(Nc6ccc7c(c6)c6c(c(=O)n7C)OCC(F)(F)[C@H](C7CC7)N6)n5)CC4)CC3)cc21. The van der Waals surface area contributed by atoms with Gasteiger partial charge in [-0.15, -0.1) is 0 Å². The number of piperazine rings is 1. The molecule has 2 atom stereocenters. The molecule has 2 amide bonds. The number of nitrogens with zero attached hydrogens (tertiary/aromatic N) is 8. The maximum Gasteiger partial charge on any atom is 0.301 e. The summed E-state index contributed by atoms with van der Waals surface area (Å²) in [5, 5.41) is 15.4. The van der Waals surface area contributed by atoms with Crippen LogP contribution >= 0.6 is 11.6 Å². The number of carbonyl (C=O) groups is 2. The Morgan fingerprint density at radius 3 is 2.46 bits per heavy atom. The zero-order chi connectivity index (χ0) is 42.2. The molecule has 4 aliphatic heterocycles. The second-order valence-corrected chi connectivity index (χ2v) is 17.6. The first-order valence-electron chi connectivity index (χ1n) is 21.2. The van der Waals surface area contributed by atoms with Crippen molar-refractivity contribution in [2.75, 3.05) is 72.9 Å². The summed E-state index contributed by atoms with van der Waals surface area (Å²) in [6.07, 6.45) is 5.96. The van der Waals surface area contributed by atoms with E-state index in [1.54, 1.807) is 31.4 Å². The van der Waals surface area contributed by atoms with Gasteiger partial charge in [-0.25, -0.2) is 13.8 Å². The van der Waals surface area contributed by atoms with Gasteiger partial charge in [-0.1, -0.05) is 11.6 Å². The maximum absolute atomic E-state index is 15.2. The highest BCUT2D eigenvalue weighted by atomic mass is 35.5. The molecule has 0 bridgehead atoms. The molecule has 4 fully saturated rings. The van der Waals surface area contributed by atoms with Gasteiger partial charge in [-0.3, -0.25) is 29.3 Å². The zero-order valence-electron chi connectivity index (χ0n) is 34.1. The molecular weight excluding hydrogens is 808 g/mol. The fourth-order valence-electron chi connectivity index (χ4n) is 9.57. The van der Waals surface area contributed by atoms with Crippen molar-refractivity contribution in [2.45, 2.75) is 56.4 Å². The Bertz CT molecular complexity index is 2620. The van der Waals surface area contributed by atoms with Crippen LogP contribution in [-0.4, -0.2) is 105 Å². The van der Waals surface area contributed by atoms with E-state index < -0.39 is 30.0 Å². The number of rotatable bonds is 8. The number of hydrogen-bond acceptors (Lipinski definition) is 12. The van der Waals surface area contributed by atoms with Crippen molar-refractivity contribution in [3.8, 4) is 5.75 Å². The van der Waals surface area contributed by atoms with Crippen LogP contribution in [0.1, 0.15) is 50.1 Å². The molecular formula is C43H48ClF2N11O4. The number of nitrogens with one attached hydrogen (secondary N) is 3. The first-order valence-corrected chi connectivity index (χ1v) is 21.5. The molecule has 320 valence electrons. The second-order valence-electron chi connectivity index (χ2n) is 17.2. The summed E-state index contributed by atoms with van der Waals surface area (Å²) in [4.78, 5) is 54.0. The van der Waals surface area contributed by atoms with Crippen LogP contribution in [0.5, 0.6) is 5.75 Å². The quantitative estimate of drug-likeness (QED) is 0.172. The Morgan fingerprint density at radius 1 is 0.918 bits per heavy atom. The van der Waals surface area contributed by atoms with Crippen LogP contribution in [0, 0.1) is 11.8 Å². The molecule has 18 heteroatoms. The fraction of sp³-hybridized carbons (Fsp3) is 0.488. The molecule has 61 heavy (non-hydrogen) atoms. The summed E-state index contributed by atoms with van der Waals surface area (Å²) in [7, 11) is 3.51. The van der Waals surface area contributed by atoms with Gasteiger partial charge in [0.15, 0.2) is 12.4 Å². The van der Waals surface area contributed by atoms with Gasteiger partial charge < -0.3 is 29.7 Å². The molecule has 1 aliphatic carbocycles. The Labute approximate surface area is 355 Å². The number of aryl methyl sites for hydroxylation is 2. The van der Waals surface area contributed by atoms with E-state index in [0.717, 1.165) is 80.9 Å². The highest BCUT2D eigenvalue weighted by Gasteiger charge is 2.51. The topological polar surface area (TPSA) is 155 Å². The van der Waals surface area contributed by atoms with Gasteiger partial charge in [0.05, 0.1) is 40.6 Å². The molecule has 2 aromatic carbocycles. The summed E-state index contributed by atoms with van der Waals surface area (Å²) >= 11 is 6.63. The number of pyridine rings is 1. The van der Waals surface area contributed by atoms with E-state index in [1.165, 1.54) is 4.57 Å². The third-order valence-corrected chi connectivity index (χ3v) is 13.5. The molecule has 0 spiro atoms. The minimum atomic E-state index is -3.13. The number of halogens is 3. The average molecular weight is 856 g/mol. The van der Waals surface area contributed by atoms with Gasteiger partial charge in [0.1, 0.15) is 5.02 Å². The molecule has 5 aliphatic rings. The highest BCUT2D eigenvalue weighted by molar-refractivity contribution is 6.33. The molecule has 3 N–H and O–H groups in total. The van der Waals surface area contributed by atoms with Crippen molar-refractivity contribution in [2.24, 2.45) is 25.9 Å². The second kappa shape index (κ2) is 15.4. The number of hydrogen-bond donors (Lipinski definition) is 3. The molecule has 1 unspecified atom stereocenters. The fourth-order valence-corrected chi connectivity index (χ4v) is 9.71. The highest BCUT2D eigenvalue weighted by Crippen LogP contribution is 2.46. The van der Waals surface area contributed by atoms with E-state index in [9.17, 15) is 14.4 Å². The van der Waals surface area contributed by atoms with Gasteiger partial charge in [-0.05, 0) is 80.3 Å². The zero-order valence-corrected chi connectivity index (χ0v) is 34.9. The molecule has 1 saturated carbocycles. The van der Waals surface area contributed by atoms with Gasteiger partial charge in [0.25, 0.3) is 5.56 Å². The van der Waals surface area contributed by atoms with Crippen molar-refractivity contribution in [1.29, 1.82) is 0 Å². The number of ether oxygens (including phenoxy) is 1. The van der Waals surface area contributed by atoms with E-state index in [0.29, 0.717) is 65.0 Å². The lowest BCUT2D eigenvalue weighted by atomic mass is 9.92. The van der Waals surface area contributed by atoms with Crippen LogP contribution in [0.15, 0.2) is 47.4 Å². The standard InChI is InChI=1S/C43H48ClF2N11O4/c1-53-32-9-5-26(19-30(32)36-37(41(53)60)61-23-43(45,46)38(50-36)25-3-4-25)48-39-31(44)21-47-42(51-39)57-17-15-55(16-18-57)22-24-11-13-56(14-12-24)27-6-7-28-33(20-27)54(2)52-35(28)29-8-10-34(58)49-40(29)59/h5-7,9,19-21,24-25,29,38,50H,3-4,8,10-18,22-23H2,1-2H3,(H,47,48,51)(H,49,58,59)/t29?,38-/m0/s1. The van der Waals surface area contributed by atoms with Crippen LogP contribution in [0.25, 0.3) is 21.8 Å². The summed E-state index contributed by atoms with van der Waals surface area (Å²) in [6, 6.07) is 10.6. The molecule has 0 radical (unpaired) electrons. The number of alkyl halides is 2. The van der Waals surface area contributed by atoms with Crippen molar-refractivity contribution >= 4 is 74.0 Å². The molecule has 5 aromatic rings. The number of carbonyl (C=O) groups excluding carboxylic acids is 2. The van der Waals surface area contributed by atoms with Crippen LogP contribution in [0.4, 0.5) is 37.6 Å². The predicted molar refractivity (Wildman–Crippen MR) is 230 cm³/mol. The maximum atomic E-state index is 15.2. The number of piperidine rings is 2. The number of benzene rings is 2. The van der Waals surface area contributed by atoms with Crippen LogP contribution in [0.2, 0.25) is 5.02 Å². The van der Waals surface area contributed by atoms with Gasteiger partial charge in [0, 0.05) is 88.5 Å². The number of anilines is 5. The Balaban J connectivity index is 0.763. The van der Waals surface area contributed by atoms with Crippen LogP contribution < -0.4 is 36.0 Å². The van der Waals surface area contributed by atoms with Gasteiger partial charge >= 0.3 is 5.92 Å². The lowest BCUT2D eigenvalue weighted by Gasteiger charge is -2.39. The lowest BCUT2D eigenvalue weighted by Crippen LogP contribution is -2.49.